The maximum Gasteiger partial charge on any atom is 0.229 e. The number of aromatic nitrogens is 2. The highest BCUT2D eigenvalue weighted by atomic mass is 16.5. The van der Waals surface area contributed by atoms with E-state index in [1.54, 1.807) is 0 Å². The van der Waals surface area contributed by atoms with Crippen LogP contribution in [0.15, 0.2) is 4.52 Å². The molecule has 0 radical (unpaired) electrons. The van der Waals surface area contributed by atoms with Gasteiger partial charge in [0, 0.05) is 6.61 Å². The summed E-state index contributed by atoms with van der Waals surface area (Å²) < 4.78 is 10.4. The van der Waals surface area contributed by atoms with Crippen LogP contribution < -0.4 is 0 Å². The van der Waals surface area contributed by atoms with Crippen molar-refractivity contribution in [2.24, 2.45) is 5.92 Å². The van der Waals surface area contributed by atoms with Gasteiger partial charge in [0.25, 0.3) is 0 Å². The van der Waals surface area contributed by atoms with Gasteiger partial charge in [0.1, 0.15) is 6.10 Å². The van der Waals surface area contributed by atoms with Crippen LogP contribution in [0.2, 0.25) is 0 Å². The summed E-state index contributed by atoms with van der Waals surface area (Å²) in [5.41, 5.74) is 0. The van der Waals surface area contributed by atoms with Crippen LogP contribution in [0.4, 0.5) is 0 Å². The molecule has 0 aliphatic carbocycles. The molecule has 0 aromatic carbocycles. The van der Waals surface area contributed by atoms with Crippen molar-refractivity contribution < 1.29 is 14.4 Å². The van der Waals surface area contributed by atoms with Gasteiger partial charge in [0.05, 0.1) is 12.5 Å². The second kappa shape index (κ2) is 5.96. The molecule has 0 spiro atoms. The fourth-order valence-corrected chi connectivity index (χ4v) is 1.26. The molecular formula is C11H20N2O3. The van der Waals surface area contributed by atoms with Crippen molar-refractivity contribution in [3.8, 4) is 0 Å². The van der Waals surface area contributed by atoms with Crippen molar-refractivity contribution in [1.82, 2.24) is 10.1 Å². The fraction of sp³-hybridized carbons (Fsp3) is 0.818. The number of rotatable bonds is 6. The molecule has 0 saturated carbocycles. The molecule has 1 aromatic heterocycles. The predicted molar refractivity (Wildman–Crippen MR) is 58.9 cm³/mol. The van der Waals surface area contributed by atoms with Gasteiger partial charge in [-0.1, -0.05) is 19.0 Å². The summed E-state index contributed by atoms with van der Waals surface area (Å²) in [7, 11) is 0. The molecule has 2 atom stereocenters. The Balaban J connectivity index is 2.57. The SMILES string of the molecule is CCOC(C)c1noc(CC(O)C(C)C)n1. The summed E-state index contributed by atoms with van der Waals surface area (Å²) in [5, 5.41) is 13.5. The summed E-state index contributed by atoms with van der Waals surface area (Å²) in [5.74, 6) is 1.18. The predicted octanol–water partition coefficient (Wildman–Crippen LogP) is 1.73. The molecule has 0 fully saturated rings. The first-order chi connectivity index (χ1) is 7.54. The van der Waals surface area contributed by atoms with Crippen molar-refractivity contribution in [2.45, 2.75) is 46.3 Å². The topological polar surface area (TPSA) is 68.4 Å². The highest BCUT2D eigenvalue weighted by molar-refractivity contribution is 4.91. The van der Waals surface area contributed by atoms with E-state index in [1.165, 1.54) is 0 Å². The summed E-state index contributed by atoms with van der Waals surface area (Å²) in [6.45, 7) is 8.30. The number of ether oxygens (including phenoxy) is 1. The molecular weight excluding hydrogens is 208 g/mol. The van der Waals surface area contributed by atoms with Crippen LogP contribution in [0, 0.1) is 5.92 Å². The Labute approximate surface area is 95.8 Å². The minimum absolute atomic E-state index is 0.168. The van der Waals surface area contributed by atoms with Crippen LogP contribution in [0.25, 0.3) is 0 Å². The van der Waals surface area contributed by atoms with Crippen molar-refractivity contribution in [3.63, 3.8) is 0 Å². The van der Waals surface area contributed by atoms with E-state index in [4.69, 9.17) is 9.26 Å². The zero-order valence-electron chi connectivity index (χ0n) is 10.3. The van der Waals surface area contributed by atoms with Crippen LogP contribution >= 0.6 is 0 Å². The lowest BCUT2D eigenvalue weighted by atomic mass is 10.0. The van der Waals surface area contributed by atoms with E-state index < -0.39 is 6.10 Å². The molecule has 16 heavy (non-hydrogen) atoms. The quantitative estimate of drug-likeness (QED) is 0.803. The molecule has 1 heterocycles. The van der Waals surface area contributed by atoms with Crippen LogP contribution in [0.1, 0.15) is 45.5 Å². The molecule has 92 valence electrons. The lowest BCUT2D eigenvalue weighted by Gasteiger charge is -2.10. The molecule has 1 aromatic rings. The number of hydrogen-bond donors (Lipinski definition) is 1. The number of aliphatic hydroxyl groups excluding tert-OH is 1. The normalized spacial score (nSPS) is 15.4. The average molecular weight is 228 g/mol. The summed E-state index contributed by atoms with van der Waals surface area (Å²) in [4.78, 5) is 4.19. The fourth-order valence-electron chi connectivity index (χ4n) is 1.26. The standard InChI is InChI=1S/C11H20N2O3/c1-5-15-8(4)11-12-10(16-13-11)6-9(14)7(2)3/h7-9,14H,5-6H2,1-4H3. The largest absolute Gasteiger partial charge is 0.392 e. The third kappa shape index (κ3) is 3.57. The Morgan fingerprint density at radius 3 is 2.62 bits per heavy atom. The second-order valence-corrected chi connectivity index (χ2v) is 4.16. The molecule has 2 unspecified atom stereocenters. The minimum Gasteiger partial charge on any atom is -0.392 e. The molecule has 0 amide bonds. The smallest absolute Gasteiger partial charge is 0.229 e. The van der Waals surface area contributed by atoms with E-state index >= 15 is 0 Å². The number of aliphatic hydroxyl groups is 1. The molecule has 0 aliphatic heterocycles. The van der Waals surface area contributed by atoms with E-state index in [0.29, 0.717) is 24.7 Å². The minimum atomic E-state index is -0.448. The highest BCUT2D eigenvalue weighted by Crippen LogP contribution is 2.14. The summed E-state index contributed by atoms with van der Waals surface area (Å²) >= 11 is 0. The van der Waals surface area contributed by atoms with Crippen LogP contribution in [-0.4, -0.2) is 28.0 Å². The summed E-state index contributed by atoms with van der Waals surface area (Å²) in [6.07, 6.45) is -0.224. The highest BCUT2D eigenvalue weighted by Gasteiger charge is 2.17. The van der Waals surface area contributed by atoms with Gasteiger partial charge in [-0.2, -0.15) is 4.98 Å². The van der Waals surface area contributed by atoms with Gasteiger partial charge in [-0.15, -0.1) is 0 Å². The zero-order valence-corrected chi connectivity index (χ0v) is 10.3. The van der Waals surface area contributed by atoms with Crippen LogP contribution in [0.5, 0.6) is 0 Å². The van der Waals surface area contributed by atoms with Crippen molar-refractivity contribution in [1.29, 1.82) is 0 Å². The van der Waals surface area contributed by atoms with Gasteiger partial charge in [-0.25, -0.2) is 0 Å². The van der Waals surface area contributed by atoms with E-state index in [1.807, 2.05) is 27.7 Å². The molecule has 0 bridgehead atoms. The molecule has 5 heteroatoms. The monoisotopic (exact) mass is 228 g/mol. The maximum atomic E-state index is 9.67. The summed E-state index contributed by atoms with van der Waals surface area (Å²) in [6, 6.07) is 0. The second-order valence-electron chi connectivity index (χ2n) is 4.16. The van der Waals surface area contributed by atoms with E-state index in [0.717, 1.165) is 0 Å². The first kappa shape index (κ1) is 13.1. The Bertz CT molecular complexity index is 312. The lowest BCUT2D eigenvalue weighted by molar-refractivity contribution is 0.0683. The van der Waals surface area contributed by atoms with E-state index in [2.05, 4.69) is 10.1 Å². The van der Waals surface area contributed by atoms with Crippen molar-refractivity contribution in [2.75, 3.05) is 6.61 Å². The third-order valence-electron chi connectivity index (χ3n) is 2.42. The molecule has 0 aliphatic rings. The average Bonchev–Trinajstić information content (AvgIpc) is 2.66. The first-order valence-corrected chi connectivity index (χ1v) is 5.66. The number of hydrogen-bond acceptors (Lipinski definition) is 5. The van der Waals surface area contributed by atoms with E-state index in [9.17, 15) is 5.11 Å². The molecule has 5 nitrogen and oxygen atoms in total. The Hall–Kier alpha value is -0.940. The molecule has 1 N–H and O–H groups in total. The van der Waals surface area contributed by atoms with Crippen molar-refractivity contribution >= 4 is 0 Å². The van der Waals surface area contributed by atoms with Gasteiger partial charge >= 0.3 is 0 Å². The van der Waals surface area contributed by atoms with Gasteiger partial charge in [0.15, 0.2) is 5.82 Å². The Morgan fingerprint density at radius 1 is 1.38 bits per heavy atom. The maximum absolute atomic E-state index is 9.67. The van der Waals surface area contributed by atoms with Gasteiger partial charge in [0.2, 0.25) is 5.89 Å². The third-order valence-corrected chi connectivity index (χ3v) is 2.42. The van der Waals surface area contributed by atoms with Gasteiger partial charge in [-0.05, 0) is 19.8 Å². The Morgan fingerprint density at radius 2 is 2.06 bits per heavy atom. The lowest BCUT2D eigenvalue weighted by Crippen LogP contribution is -2.17. The van der Waals surface area contributed by atoms with Crippen LogP contribution in [0.3, 0.4) is 0 Å². The Kier molecular flexibility index (Phi) is 4.89. The first-order valence-electron chi connectivity index (χ1n) is 5.66. The molecule has 1 rings (SSSR count). The van der Waals surface area contributed by atoms with Crippen molar-refractivity contribution in [3.05, 3.63) is 11.7 Å². The van der Waals surface area contributed by atoms with Crippen LogP contribution in [-0.2, 0) is 11.2 Å². The van der Waals surface area contributed by atoms with Gasteiger partial charge < -0.3 is 14.4 Å². The van der Waals surface area contributed by atoms with E-state index in [-0.39, 0.29) is 12.0 Å². The molecule has 0 saturated heterocycles. The van der Waals surface area contributed by atoms with Gasteiger partial charge in [-0.3, -0.25) is 0 Å². The number of nitrogens with zero attached hydrogens (tertiary/aromatic N) is 2. The zero-order chi connectivity index (χ0) is 12.1.